The van der Waals surface area contributed by atoms with Crippen LogP contribution < -0.4 is 0 Å². The zero-order chi connectivity index (χ0) is 32.8. The Kier molecular flexibility index (Phi) is 6.09. The van der Waals surface area contributed by atoms with Crippen LogP contribution >= 0.6 is 22.7 Å². The van der Waals surface area contributed by atoms with Crippen molar-refractivity contribution in [3.05, 3.63) is 170 Å². The minimum absolute atomic E-state index is 1.23. The topological polar surface area (TPSA) is 0 Å². The molecule has 0 N–H and O–H groups in total. The Morgan fingerprint density at radius 1 is 0.280 bits per heavy atom. The summed E-state index contributed by atoms with van der Waals surface area (Å²) in [4.78, 5) is 0. The Morgan fingerprint density at radius 2 is 0.820 bits per heavy atom. The van der Waals surface area contributed by atoms with Gasteiger partial charge >= 0.3 is 0 Å². The van der Waals surface area contributed by atoms with Crippen molar-refractivity contribution in [3.63, 3.8) is 0 Å². The van der Waals surface area contributed by atoms with Crippen LogP contribution in [0.25, 0.3) is 106 Å². The van der Waals surface area contributed by atoms with Crippen LogP contribution in [-0.4, -0.2) is 0 Å². The smallest absolute Gasteiger partial charge is 0.0434 e. The molecule has 0 saturated carbocycles. The van der Waals surface area contributed by atoms with E-state index in [1.165, 1.54) is 106 Å². The number of benzene rings is 9. The van der Waals surface area contributed by atoms with Gasteiger partial charge in [-0.05, 0) is 96.0 Å². The van der Waals surface area contributed by atoms with Gasteiger partial charge in [-0.25, -0.2) is 0 Å². The molecule has 2 heterocycles. The molecule has 0 radical (unpaired) electrons. The van der Waals surface area contributed by atoms with Gasteiger partial charge in [0.15, 0.2) is 0 Å². The molecule has 0 bridgehead atoms. The second kappa shape index (κ2) is 10.9. The number of hydrogen-bond acceptors (Lipinski definition) is 2. The van der Waals surface area contributed by atoms with Crippen LogP contribution in [0.1, 0.15) is 0 Å². The monoisotopic (exact) mass is 668 g/mol. The van der Waals surface area contributed by atoms with E-state index < -0.39 is 0 Å². The van der Waals surface area contributed by atoms with Crippen LogP contribution in [0.2, 0.25) is 0 Å². The van der Waals surface area contributed by atoms with E-state index in [0.29, 0.717) is 0 Å². The van der Waals surface area contributed by atoms with Crippen molar-refractivity contribution < 1.29 is 0 Å². The molecule has 50 heavy (non-hydrogen) atoms. The fourth-order valence-electron chi connectivity index (χ4n) is 8.25. The highest BCUT2D eigenvalue weighted by Gasteiger charge is 2.18. The Labute approximate surface area is 297 Å². The maximum atomic E-state index is 2.44. The van der Waals surface area contributed by atoms with Gasteiger partial charge in [-0.1, -0.05) is 140 Å². The zero-order valence-corrected chi connectivity index (χ0v) is 28.6. The molecule has 232 valence electrons. The SMILES string of the molecule is c1ccc(-c2c3ccccc3c(-c3cccc(-c4ccc5sc6ccc7sc8c9ccccc9ccc8c7c6c5c4)c3)c3ccccc23)cc1. The summed E-state index contributed by atoms with van der Waals surface area (Å²) in [6.07, 6.45) is 0. The predicted molar refractivity (Wildman–Crippen MR) is 221 cm³/mol. The van der Waals surface area contributed by atoms with Crippen LogP contribution in [0.5, 0.6) is 0 Å². The van der Waals surface area contributed by atoms with Gasteiger partial charge in [0.2, 0.25) is 0 Å². The summed E-state index contributed by atoms with van der Waals surface area (Å²) >= 11 is 3.83. The van der Waals surface area contributed by atoms with E-state index in [4.69, 9.17) is 0 Å². The number of fused-ring (bicyclic) bond motifs is 11. The molecule has 0 nitrogen and oxygen atoms in total. The highest BCUT2D eigenvalue weighted by atomic mass is 32.1. The largest absolute Gasteiger partial charge is 0.135 e. The maximum Gasteiger partial charge on any atom is 0.0434 e. The lowest BCUT2D eigenvalue weighted by atomic mass is 9.85. The van der Waals surface area contributed by atoms with E-state index in [1.54, 1.807) is 0 Å². The summed E-state index contributed by atoms with van der Waals surface area (Å²) in [5, 5.41) is 13.2. The van der Waals surface area contributed by atoms with Crippen molar-refractivity contribution in [3.8, 4) is 33.4 Å². The molecule has 0 atom stereocenters. The van der Waals surface area contributed by atoms with E-state index in [0.717, 1.165) is 0 Å². The number of rotatable bonds is 3. The van der Waals surface area contributed by atoms with Gasteiger partial charge in [-0.2, -0.15) is 0 Å². The average molecular weight is 669 g/mol. The number of hydrogen-bond donors (Lipinski definition) is 0. The molecule has 0 amide bonds. The summed E-state index contributed by atoms with van der Waals surface area (Å²) in [5.41, 5.74) is 7.55. The third kappa shape index (κ3) is 4.10. The third-order valence-corrected chi connectivity index (χ3v) is 12.8. The fourth-order valence-corrected chi connectivity index (χ4v) is 10.6. The van der Waals surface area contributed by atoms with Gasteiger partial charge < -0.3 is 0 Å². The molecule has 0 fully saturated rings. The molecule has 0 unspecified atom stereocenters. The first-order valence-electron chi connectivity index (χ1n) is 17.1. The standard InChI is InChI=1S/C48H28S2/c1-2-12-30(13-3-1)44-35-17-6-8-19-37(35)45(38-20-9-7-18-36(38)44)33-15-10-14-31(27-33)32-22-24-41-40(28-32)47-42(49-41)25-26-43-46(47)39-23-21-29-11-4-5-16-34(29)48(39)50-43/h1-28H. The Hall–Kier alpha value is -5.80. The van der Waals surface area contributed by atoms with Crippen molar-refractivity contribution in [2.24, 2.45) is 0 Å². The molecule has 0 saturated heterocycles. The second-order valence-corrected chi connectivity index (χ2v) is 15.3. The summed E-state index contributed by atoms with van der Waals surface area (Å²) < 4.78 is 5.42. The summed E-state index contributed by atoms with van der Waals surface area (Å²) in [6, 6.07) is 63.0. The van der Waals surface area contributed by atoms with Crippen LogP contribution in [-0.2, 0) is 0 Å². The van der Waals surface area contributed by atoms with Crippen LogP contribution in [0.3, 0.4) is 0 Å². The minimum Gasteiger partial charge on any atom is -0.135 e. The first kappa shape index (κ1) is 28.1. The molecule has 0 spiro atoms. The molecule has 9 aromatic carbocycles. The molecular formula is C48H28S2. The van der Waals surface area contributed by atoms with E-state index in [9.17, 15) is 0 Å². The average Bonchev–Trinajstić information content (AvgIpc) is 3.75. The van der Waals surface area contributed by atoms with Crippen LogP contribution in [0, 0.1) is 0 Å². The summed E-state index contributed by atoms with van der Waals surface area (Å²) in [6.45, 7) is 0. The van der Waals surface area contributed by atoms with Gasteiger partial charge in [-0.15, -0.1) is 22.7 Å². The van der Waals surface area contributed by atoms with Crippen molar-refractivity contribution in [2.75, 3.05) is 0 Å². The van der Waals surface area contributed by atoms with Crippen LogP contribution in [0.4, 0.5) is 0 Å². The highest BCUT2D eigenvalue weighted by molar-refractivity contribution is 7.28. The Bertz CT molecular complexity index is 3080. The Morgan fingerprint density at radius 3 is 1.56 bits per heavy atom. The Balaban J connectivity index is 1.14. The van der Waals surface area contributed by atoms with E-state index in [1.807, 2.05) is 22.7 Å². The van der Waals surface area contributed by atoms with Gasteiger partial charge in [0, 0.05) is 40.3 Å². The highest BCUT2D eigenvalue weighted by Crippen LogP contribution is 2.48. The van der Waals surface area contributed by atoms with E-state index in [2.05, 4.69) is 170 Å². The second-order valence-electron chi connectivity index (χ2n) is 13.2. The van der Waals surface area contributed by atoms with E-state index >= 15 is 0 Å². The quantitative estimate of drug-likeness (QED) is 0.164. The lowest BCUT2D eigenvalue weighted by molar-refractivity contribution is 1.63. The molecule has 0 aliphatic carbocycles. The van der Waals surface area contributed by atoms with E-state index in [-0.39, 0.29) is 0 Å². The zero-order valence-electron chi connectivity index (χ0n) is 27.0. The fraction of sp³-hybridized carbons (Fsp3) is 0. The van der Waals surface area contributed by atoms with Crippen molar-refractivity contribution >= 4 is 95.3 Å². The van der Waals surface area contributed by atoms with Gasteiger partial charge in [0.05, 0.1) is 0 Å². The molecule has 0 aliphatic heterocycles. The molecule has 11 aromatic rings. The summed E-state index contributed by atoms with van der Waals surface area (Å²) in [5.74, 6) is 0. The van der Waals surface area contributed by atoms with Gasteiger partial charge in [0.1, 0.15) is 0 Å². The minimum atomic E-state index is 1.23. The first-order chi connectivity index (χ1) is 24.8. The predicted octanol–water partition coefficient (Wildman–Crippen LogP) is 14.9. The van der Waals surface area contributed by atoms with Crippen molar-refractivity contribution in [1.29, 1.82) is 0 Å². The third-order valence-electron chi connectivity index (χ3n) is 10.4. The van der Waals surface area contributed by atoms with Gasteiger partial charge in [0.25, 0.3) is 0 Å². The van der Waals surface area contributed by atoms with Crippen molar-refractivity contribution in [2.45, 2.75) is 0 Å². The number of thiophene rings is 2. The molecular weight excluding hydrogens is 641 g/mol. The molecule has 2 aromatic heterocycles. The van der Waals surface area contributed by atoms with Gasteiger partial charge in [-0.3, -0.25) is 0 Å². The van der Waals surface area contributed by atoms with Crippen molar-refractivity contribution in [1.82, 2.24) is 0 Å². The van der Waals surface area contributed by atoms with Crippen LogP contribution in [0.15, 0.2) is 170 Å². The normalized spacial score (nSPS) is 12.0. The summed E-state index contributed by atoms with van der Waals surface area (Å²) in [7, 11) is 0. The molecule has 0 aliphatic rings. The lowest BCUT2D eigenvalue weighted by Gasteiger charge is -2.18. The lowest BCUT2D eigenvalue weighted by Crippen LogP contribution is -1.91. The maximum absolute atomic E-state index is 2.44. The first-order valence-corrected chi connectivity index (χ1v) is 18.7. The molecule has 11 rings (SSSR count). The molecule has 2 heteroatoms.